The summed E-state index contributed by atoms with van der Waals surface area (Å²) in [6, 6.07) is 7.42. The first-order valence-corrected chi connectivity index (χ1v) is 6.65. The van der Waals surface area contributed by atoms with E-state index in [1.807, 2.05) is 32.0 Å². The zero-order chi connectivity index (χ0) is 13.1. The molecule has 5 heteroatoms. The lowest BCUT2D eigenvalue weighted by Gasteiger charge is -2.23. The second kappa shape index (κ2) is 5.77. The molecule has 0 unspecified atom stereocenters. The molecular formula is C12H15IN2OS. The van der Waals surface area contributed by atoms with Gasteiger partial charge in [0.05, 0.1) is 4.99 Å². The Morgan fingerprint density at radius 3 is 2.71 bits per heavy atom. The summed E-state index contributed by atoms with van der Waals surface area (Å²) < 4.78 is 1.03. The van der Waals surface area contributed by atoms with Crippen LogP contribution in [0, 0.1) is 8.99 Å². The molecule has 3 nitrogen and oxygen atoms in total. The Labute approximate surface area is 120 Å². The molecule has 0 bridgehead atoms. The molecule has 1 aromatic rings. The summed E-state index contributed by atoms with van der Waals surface area (Å²) in [7, 11) is 0. The summed E-state index contributed by atoms with van der Waals surface area (Å²) in [6.07, 6.45) is 0. The van der Waals surface area contributed by atoms with Crippen LogP contribution in [0.15, 0.2) is 24.3 Å². The van der Waals surface area contributed by atoms with Crippen LogP contribution in [0.5, 0.6) is 0 Å². The van der Waals surface area contributed by atoms with Crippen molar-refractivity contribution in [3.63, 3.8) is 0 Å². The zero-order valence-corrected chi connectivity index (χ0v) is 12.8. The third kappa shape index (κ3) is 4.23. The standard InChI is InChI=1S/C12H15IN2OS/c1-12(2,11(14)17)7-15-10(16)8-4-3-5-9(13)6-8/h3-6H,7H2,1-2H3,(H2,14,17)(H,15,16). The van der Waals surface area contributed by atoms with Gasteiger partial charge in [-0.05, 0) is 40.8 Å². The minimum Gasteiger partial charge on any atom is -0.393 e. The molecule has 0 saturated carbocycles. The number of thiocarbonyl (C=S) groups is 1. The molecule has 1 amide bonds. The largest absolute Gasteiger partial charge is 0.393 e. The zero-order valence-electron chi connectivity index (χ0n) is 9.79. The maximum Gasteiger partial charge on any atom is 0.251 e. The molecule has 1 rings (SSSR count). The van der Waals surface area contributed by atoms with Gasteiger partial charge in [-0.1, -0.05) is 32.1 Å². The first-order chi connectivity index (χ1) is 7.83. The van der Waals surface area contributed by atoms with Crippen molar-refractivity contribution in [2.45, 2.75) is 13.8 Å². The van der Waals surface area contributed by atoms with Crippen molar-refractivity contribution in [1.29, 1.82) is 0 Å². The Kier molecular flexibility index (Phi) is 4.88. The lowest BCUT2D eigenvalue weighted by Crippen LogP contribution is -2.41. The predicted molar refractivity (Wildman–Crippen MR) is 82.1 cm³/mol. The molecule has 1 aromatic carbocycles. The quantitative estimate of drug-likeness (QED) is 0.639. The van der Waals surface area contributed by atoms with Gasteiger partial charge in [0.15, 0.2) is 0 Å². The topological polar surface area (TPSA) is 55.1 Å². The van der Waals surface area contributed by atoms with Gasteiger partial charge < -0.3 is 11.1 Å². The van der Waals surface area contributed by atoms with Crippen molar-refractivity contribution in [2.75, 3.05) is 6.54 Å². The van der Waals surface area contributed by atoms with E-state index in [1.54, 1.807) is 6.07 Å². The molecule has 17 heavy (non-hydrogen) atoms. The van der Waals surface area contributed by atoms with E-state index in [2.05, 4.69) is 27.9 Å². The number of nitrogens with one attached hydrogen (secondary N) is 1. The lowest BCUT2D eigenvalue weighted by molar-refractivity contribution is 0.0945. The average Bonchev–Trinajstić information content (AvgIpc) is 2.25. The van der Waals surface area contributed by atoms with Crippen LogP contribution >= 0.6 is 34.8 Å². The van der Waals surface area contributed by atoms with E-state index < -0.39 is 0 Å². The Morgan fingerprint density at radius 2 is 2.18 bits per heavy atom. The lowest BCUT2D eigenvalue weighted by atomic mass is 9.93. The van der Waals surface area contributed by atoms with Crippen molar-refractivity contribution < 1.29 is 4.79 Å². The average molecular weight is 362 g/mol. The molecule has 3 N–H and O–H groups in total. The summed E-state index contributed by atoms with van der Waals surface area (Å²) in [4.78, 5) is 12.3. The Bertz CT molecular complexity index is 446. The second-order valence-corrected chi connectivity index (χ2v) is 6.13. The highest BCUT2D eigenvalue weighted by Gasteiger charge is 2.22. The van der Waals surface area contributed by atoms with Crippen LogP contribution in [0.3, 0.4) is 0 Å². The molecule has 0 aliphatic rings. The third-order valence-electron chi connectivity index (χ3n) is 2.44. The van der Waals surface area contributed by atoms with E-state index >= 15 is 0 Å². The maximum absolute atomic E-state index is 11.9. The molecule has 0 radical (unpaired) electrons. The summed E-state index contributed by atoms with van der Waals surface area (Å²) in [5.74, 6) is -0.104. The molecule has 0 aliphatic carbocycles. The van der Waals surface area contributed by atoms with Crippen LogP contribution < -0.4 is 11.1 Å². The minimum absolute atomic E-state index is 0.104. The van der Waals surface area contributed by atoms with Gasteiger partial charge in [-0.15, -0.1) is 0 Å². The van der Waals surface area contributed by atoms with E-state index in [0.717, 1.165) is 3.57 Å². The van der Waals surface area contributed by atoms with Crippen molar-refractivity contribution in [3.05, 3.63) is 33.4 Å². The van der Waals surface area contributed by atoms with Gasteiger partial charge in [-0.25, -0.2) is 0 Å². The van der Waals surface area contributed by atoms with Crippen LogP contribution in [-0.2, 0) is 0 Å². The van der Waals surface area contributed by atoms with Crippen LogP contribution in [0.4, 0.5) is 0 Å². The van der Waals surface area contributed by atoms with Gasteiger partial charge in [-0.2, -0.15) is 0 Å². The first kappa shape index (κ1) is 14.4. The van der Waals surface area contributed by atoms with Crippen LogP contribution in [-0.4, -0.2) is 17.4 Å². The summed E-state index contributed by atoms with van der Waals surface area (Å²) >= 11 is 7.12. The fraction of sp³-hybridized carbons (Fsp3) is 0.333. The smallest absolute Gasteiger partial charge is 0.251 e. The molecule has 0 atom stereocenters. The van der Waals surface area contributed by atoms with Gasteiger partial charge in [0.25, 0.3) is 5.91 Å². The third-order valence-corrected chi connectivity index (χ3v) is 3.67. The van der Waals surface area contributed by atoms with Gasteiger partial charge in [0.2, 0.25) is 0 Å². The van der Waals surface area contributed by atoms with Gasteiger partial charge in [0.1, 0.15) is 0 Å². The highest BCUT2D eigenvalue weighted by atomic mass is 127. The van der Waals surface area contributed by atoms with Crippen LogP contribution in [0.2, 0.25) is 0 Å². The molecule has 0 heterocycles. The number of rotatable bonds is 4. The minimum atomic E-state index is -0.368. The fourth-order valence-corrected chi connectivity index (χ4v) is 1.74. The number of nitrogens with two attached hydrogens (primary N) is 1. The number of carbonyl (C=O) groups excluding carboxylic acids is 1. The second-order valence-electron chi connectivity index (χ2n) is 4.44. The number of amides is 1. The molecular weight excluding hydrogens is 347 g/mol. The summed E-state index contributed by atoms with van der Waals surface area (Å²) in [5, 5.41) is 2.84. The highest BCUT2D eigenvalue weighted by molar-refractivity contribution is 14.1. The monoisotopic (exact) mass is 362 g/mol. The summed E-state index contributed by atoms with van der Waals surface area (Å²) in [6.45, 7) is 4.25. The number of hydrogen-bond acceptors (Lipinski definition) is 2. The Hall–Kier alpha value is -0.690. The van der Waals surface area contributed by atoms with Crippen LogP contribution in [0.25, 0.3) is 0 Å². The molecule has 0 fully saturated rings. The van der Waals surface area contributed by atoms with Crippen molar-refractivity contribution in [3.8, 4) is 0 Å². The van der Waals surface area contributed by atoms with E-state index in [4.69, 9.17) is 18.0 Å². The van der Waals surface area contributed by atoms with Crippen molar-refractivity contribution in [2.24, 2.45) is 11.1 Å². The SMILES string of the molecule is CC(C)(CNC(=O)c1cccc(I)c1)C(N)=S. The molecule has 92 valence electrons. The molecule has 0 aliphatic heterocycles. The van der Waals surface area contributed by atoms with Crippen molar-refractivity contribution >= 4 is 45.7 Å². The molecule has 0 spiro atoms. The van der Waals surface area contributed by atoms with Crippen molar-refractivity contribution in [1.82, 2.24) is 5.32 Å². The predicted octanol–water partition coefficient (Wildman–Crippen LogP) is 2.33. The van der Waals surface area contributed by atoms with Gasteiger partial charge in [-0.3, -0.25) is 4.79 Å². The van der Waals surface area contributed by atoms with E-state index in [0.29, 0.717) is 17.1 Å². The number of carbonyl (C=O) groups is 1. The van der Waals surface area contributed by atoms with Crippen LogP contribution in [0.1, 0.15) is 24.2 Å². The normalized spacial score (nSPS) is 11.0. The van der Waals surface area contributed by atoms with Gasteiger partial charge in [0, 0.05) is 21.1 Å². The molecule has 0 aromatic heterocycles. The molecule has 0 saturated heterocycles. The van der Waals surface area contributed by atoms with E-state index in [9.17, 15) is 4.79 Å². The van der Waals surface area contributed by atoms with E-state index in [1.165, 1.54) is 0 Å². The number of halogens is 1. The Balaban J connectivity index is 2.65. The Morgan fingerprint density at radius 1 is 1.53 bits per heavy atom. The fourth-order valence-electron chi connectivity index (χ4n) is 1.12. The van der Waals surface area contributed by atoms with E-state index in [-0.39, 0.29) is 11.3 Å². The highest BCUT2D eigenvalue weighted by Crippen LogP contribution is 2.14. The maximum atomic E-state index is 11.9. The summed E-state index contributed by atoms with van der Waals surface area (Å²) in [5.41, 5.74) is 5.88. The van der Waals surface area contributed by atoms with Gasteiger partial charge >= 0.3 is 0 Å². The first-order valence-electron chi connectivity index (χ1n) is 5.16. The number of benzene rings is 1. The number of hydrogen-bond donors (Lipinski definition) is 2.